The average Bonchev–Trinajstić information content (AvgIpc) is 3.04. The molecule has 1 aromatic heterocycles. The Hall–Kier alpha value is -2.26. The molecule has 0 N–H and O–H groups in total. The van der Waals surface area contributed by atoms with Gasteiger partial charge in [0, 0.05) is 24.2 Å². The fourth-order valence-electron chi connectivity index (χ4n) is 3.59. The third-order valence-electron chi connectivity index (χ3n) is 4.71. The molecule has 1 aliphatic rings. The van der Waals surface area contributed by atoms with Crippen LogP contribution in [0.5, 0.6) is 0 Å². The maximum absolute atomic E-state index is 13.2. The molecular weight excluding hydrogens is 287 g/mol. The Labute approximate surface area is 135 Å². The molecule has 2 aromatic carbocycles. The lowest BCUT2D eigenvalue weighted by Gasteiger charge is -2.25. The van der Waals surface area contributed by atoms with Crippen LogP contribution in [-0.2, 0) is 6.54 Å². The van der Waals surface area contributed by atoms with Crippen molar-refractivity contribution in [3.8, 4) is 0 Å². The molecule has 4 rings (SSSR count). The summed E-state index contributed by atoms with van der Waals surface area (Å²) in [6, 6.07) is 17.8. The van der Waals surface area contributed by atoms with Crippen molar-refractivity contribution in [3.05, 3.63) is 77.7 Å². The minimum atomic E-state index is -0.170. The van der Waals surface area contributed by atoms with Gasteiger partial charge in [0.05, 0.1) is 5.52 Å². The minimum absolute atomic E-state index is 0.170. The number of fused-ring (bicyclic) bond motifs is 1. The third kappa shape index (κ3) is 2.84. The standard InChI is InChI=1S/C20H19FN2/c21-18-10-8-15(9-11-18)19-7-3-13-23(19)14-17-5-1-4-16-6-2-12-22-20(16)17/h1-2,4-6,8-12,19H,3,7,13-14H2/t19-/m1/s1. The Balaban J connectivity index is 1.63. The fraction of sp³-hybridized carbons (Fsp3) is 0.250. The Morgan fingerprint density at radius 2 is 1.87 bits per heavy atom. The SMILES string of the molecule is Fc1ccc([C@H]2CCCN2Cc2cccc3cccnc23)cc1. The predicted molar refractivity (Wildman–Crippen MR) is 90.5 cm³/mol. The van der Waals surface area contributed by atoms with Crippen LogP contribution in [0, 0.1) is 5.82 Å². The molecule has 3 heteroatoms. The zero-order chi connectivity index (χ0) is 15.6. The molecule has 1 saturated heterocycles. The van der Waals surface area contributed by atoms with Crippen molar-refractivity contribution in [2.75, 3.05) is 6.54 Å². The zero-order valence-electron chi connectivity index (χ0n) is 13.0. The first kappa shape index (κ1) is 14.3. The van der Waals surface area contributed by atoms with Gasteiger partial charge in [0.15, 0.2) is 0 Å². The Kier molecular flexibility index (Phi) is 3.80. The molecule has 2 nitrogen and oxygen atoms in total. The minimum Gasteiger partial charge on any atom is -0.292 e. The Morgan fingerprint density at radius 3 is 2.74 bits per heavy atom. The van der Waals surface area contributed by atoms with E-state index < -0.39 is 0 Å². The smallest absolute Gasteiger partial charge is 0.123 e. The van der Waals surface area contributed by atoms with Gasteiger partial charge in [-0.25, -0.2) is 4.39 Å². The normalized spacial score (nSPS) is 18.6. The fourth-order valence-corrected chi connectivity index (χ4v) is 3.59. The molecule has 0 saturated carbocycles. The van der Waals surface area contributed by atoms with E-state index in [-0.39, 0.29) is 5.82 Å². The molecule has 23 heavy (non-hydrogen) atoms. The zero-order valence-corrected chi connectivity index (χ0v) is 13.0. The first-order valence-corrected chi connectivity index (χ1v) is 8.13. The van der Waals surface area contributed by atoms with Crippen molar-refractivity contribution in [3.63, 3.8) is 0 Å². The van der Waals surface area contributed by atoms with Crippen LogP contribution < -0.4 is 0 Å². The number of aromatic nitrogens is 1. The van der Waals surface area contributed by atoms with E-state index in [2.05, 4.69) is 34.1 Å². The lowest BCUT2D eigenvalue weighted by atomic mass is 10.0. The van der Waals surface area contributed by atoms with Gasteiger partial charge in [-0.3, -0.25) is 9.88 Å². The highest BCUT2D eigenvalue weighted by molar-refractivity contribution is 5.81. The predicted octanol–water partition coefficient (Wildman–Crippen LogP) is 4.71. The van der Waals surface area contributed by atoms with E-state index in [1.807, 2.05) is 24.4 Å². The van der Waals surface area contributed by atoms with Crippen LogP contribution in [0.4, 0.5) is 4.39 Å². The molecule has 0 unspecified atom stereocenters. The maximum Gasteiger partial charge on any atom is 0.123 e. The number of benzene rings is 2. The molecule has 1 aliphatic heterocycles. The summed E-state index contributed by atoms with van der Waals surface area (Å²) < 4.78 is 13.2. The van der Waals surface area contributed by atoms with Crippen LogP contribution in [0.2, 0.25) is 0 Å². The number of hydrogen-bond donors (Lipinski definition) is 0. The lowest BCUT2D eigenvalue weighted by molar-refractivity contribution is 0.249. The number of para-hydroxylation sites is 1. The van der Waals surface area contributed by atoms with Crippen molar-refractivity contribution < 1.29 is 4.39 Å². The summed E-state index contributed by atoms with van der Waals surface area (Å²) in [5, 5.41) is 1.18. The number of rotatable bonds is 3. The summed E-state index contributed by atoms with van der Waals surface area (Å²) in [7, 11) is 0. The van der Waals surface area contributed by atoms with E-state index in [9.17, 15) is 4.39 Å². The topological polar surface area (TPSA) is 16.1 Å². The van der Waals surface area contributed by atoms with Crippen LogP contribution in [0.3, 0.4) is 0 Å². The third-order valence-corrected chi connectivity index (χ3v) is 4.71. The van der Waals surface area contributed by atoms with E-state index in [0.29, 0.717) is 6.04 Å². The van der Waals surface area contributed by atoms with Gasteiger partial charge >= 0.3 is 0 Å². The number of pyridine rings is 1. The van der Waals surface area contributed by atoms with Crippen LogP contribution in [-0.4, -0.2) is 16.4 Å². The van der Waals surface area contributed by atoms with Gasteiger partial charge in [-0.2, -0.15) is 0 Å². The van der Waals surface area contributed by atoms with Gasteiger partial charge in [0.25, 0.3) is 0 Å². The van der Waals surface area contributed by atoms with Crippen molar-refractivity contribution in [2.45, 2.75) is 25.4 Å². The highest BCUT2D eigenvalue weighted by atomic mass is 19.1. The number of nitrogens with zero attached hydrogens (tertiary/aromatic N) is 2. The van der Waals surface area contributed by atoms with Crippen LogP contribution >= 0.6 is 0 Å². The molecule has 1 atom stereocenters. The highest BCUT2D eigenvalue weighted by Crippen LogP contribution is 2.34. The molecule has 0 bridgehead atoms. The quantitative estimate of drug-likeness (QED) is 0.696. The summed E-state index contributed by atoms with van der Waals surface area (Å²) >= 11 is 0. The van der Waals surface area contributed by atoms with E-state index >= 15 is 0 Å². The van der Waals surface area contributed by atoms with Crippen molar-refractivity contribution in [1.82, 2.24) is 9.88 Å². The van der Waals surface area contributed by atoms with Crippen molar-refractivity contribution in [2.24, 2.45) is 0 Å². The molecule has 1 fully saturated rings. The van der Waals surface area contributed by atoms with Gasteiger partial charge in [-0.1, -0.05) is 36.4 Å². The Bertz CT molecular complexity index is 808. The second-order valence-electron chi connectivity index (χ2n) is 6.17. The first-order chi connectivity index (χ1) is 11.3. The molecule has 0 amide bonds. The van der Waals surface area contributed by atoms with Gasteiger partial charge in [0.1, 0.15) is 5.82 Å². The average molecular weight is 306 g/mol. The molecule has 0 aliphatic carbocycles. The van der Waals surface area contributed by atoms with E-state index in [4.69, 9.17) is 0 Å². The van der Waals surface area contributed by atoms with Gasteiger partial charge in [-0.15, -0.1) is 0 Å². The maximum atomic E-state index is 13.2. The Morgan fingerprint density at radius 1 is 1.04 bits per heavy atom. The summed E-state index contributed by atoms with van der Waals surface area (Å²) in [6.07, 6.45) is 4.16. The van der Waals surface area contributed by atoms with E-state index in [0.717, 1.165) is 25.0 Å². The molecule has 3 aromatic rings. The van der Waals surface area contributed by atoms with Gasteiger partial charge < -0.3 is 0 Å². The number of hydrogen-bond acceptors (Lipinski definition) is 2. The summed E-state index contributed by atoms with van der Waals surface area (Å²) in [6.45, 7) is 1.96. The monoisotopic (exact) mass is 306 g/mol. The summed E-state index contributed by atoms with van der Waals surface area (Å²) in [5.74, 6) is -0.170. The molecule has 0 radical (unpaired) electrons. The second-order valence-corrected chi connectivity index (χ2v) is 6.17. The van der Waals surface area contributed by atoms with Gasteiger partial charge in [0.2, 0.25) is 0 Å². The molecule has 0 spiro atoms. The first-order valence-electron chi connectivity index (χ1n) is 8.13. The molecule has 116 valence electrons. The highest BCUT2D eigenvalue weighted by Gasteiger charge is 2.26. The largest absolute Gasteiger partial charge is 0.292 e. The number of likely N-dealkylation sites (tertiary alicyclic amines) is 1. The number of halogens is 1. The van der Waals surface area contributed by atoms with E-state index in [1.54, 1.807) is 12.1 Å². The second kappa shape index (κ2) is 6.09. The van der Waals surface area contributed by atoms with Crippen LogP contribution in [0.1, 0.15) is 30.0 Å². The summed E-state index contributed by atoms with van der Waals surface area (Å²) in [5.41, 5.74) is 3.55. The van der Waals surface area contributed by atoms with Crippen LogP contribution in [0.25, 0.3) is 10.9 Å². The summed E-state index contributed by atoms with van der Waals surface area (Å²) in [4.78, 5) is 7.04. The van der Waals surface area contributed by atoms with Crippen LogP contribution in [0.15, 0.2) is 60.8 Å². The van der Waals surface area contributed by atoms with Gasteiger partial charge in [-0.05, 0) is 48.7 Å². The molecular formula is C20H19FN2. The van der Waals surface area contributed by atoms with Crippen molar-refractivity contribution in [1.29, 1.82) is 0 Å². The van der Waals surface area contributed by atoms with E-state index in [1.165, 1.54) is 22.9 Å². The lowest BCUT2D eigenvalue weighted by Crippen LogP contribution is -2.23. The van der Waals surface area contributed by atoms with Crippen molar-refractivity contribution >= 4 is 10.9 Å². The molecule has 2 heterocycles.